The van der Waals surface area contributed by atoms with Crippen LogP contribution in [-0.4, -0.2) is 38.9 Å². The standard InChI is InChI=1S/C23H22FNO7S/c1-30-18-4-7-20-16(12-22(26)32-21(20)13-18)14-31-23(27)15-8-10-25(11-9-15)33(28,29)19-5-2-17(24)3-6-19/h2-7,12-13,15H,8-11,14H2,1H3. The second kappa shape index (κ2) is 9.32. The van der Waals surface area contributed by atoms with Gasteiger partial charge in [0.25, 0.3) is 0 Å². The third kappa shape index (κ3) is 4.91. The lowest BCUT2D eigenvalue weighted by atomic mass is 9.98. The van der Waals surface area contributed by atoms with Gasteiger partial charge in [0, 0.05) is 36.2 Å². The van der Waals surface area contributed by atoms with Crippen molar-refractivity contribution in [1.29, 1.82) is 0 Å². The Morgan fingerprint density at radius 2 is 1.82 bits per heavy atom. The van der Waals surface area contributed by atoms with Gasteiger partial charge in [0.05, 0.1) is 17.9 Å². The Morgan fingerprint density at radius 1 is 1.12 bits per heavy atom. The minimum Gasteiger partial charge on any atom is -0.497 e. The number of sulfonamides is 1. The summed E-state index contributed by atoms with van der Waals surface area (Å²) in [6, 6.07) is 10.9. The summed E-state index contributed by atoms with van der Waals surface area (Å²) in [6.45, 7) is 0.190. The van der Waals surface area contributed by atoms with E-state index in [0.29, 0.717) is 35.1 Å². The van der Waals surface area contributed by atoms with Crippen molar-refractivity contribution in [3.63, 3.8) is 0 Å². The maximum atomic E-state index is 13.1. The summed E-state index contributed by atoms with van der Waals surface area (Å²) < 4.78 is 55.6. The van der Waals surface area contributed by atoms with Gasteiger partial charge in [-0.25, -0.2) is 17.6 Å². The molecule has 174 valence electrons. The van der Waals surface area contributed by atoms with Crippen molar-refractivity contribution in [2.75, 3.05) is 20.2 Å². The molecule has 0 spiro atoms. The van der Waals surface area contributed by atoms with E-state index < -0.39 is 33.4 Å². The normalized spacial score (nSPS) is 15.5. The van der Waals surface area contributed by atoms with Crippen LogP contribution in [-0.2, 0) is 26.2 Å². The smallest absolute Gasteiger partial charge is 0.336 e. The van der Waals surface area contributed by atoms with Crippen LogP contribution in [0.5, 0.6) is 5.75 Å². The van der Waals surface area contributed by atoms with Crippen molar-refractivity contribution in [2.24, 2.45) is 5.92 Å². The first-order chi connectivity index (χ1) is 15.8. The van der Waals surface area contributed by atoms with Crippen LogP contribution in [0.1, 0.15) is 18.4 Å². The summed E-state index contributed by atoms with van der Waals surface area (Å²) in [6.07, 6.45) is 0.599. The average molecular weight is 475 g/mol. The Morgan fingerprint density at radius 3 is 2.48 bits per heavy atom. The quantitative estimate of drug-likeness (QED) is 0.399. The molecule has 3 aromatic rings. The molecular weight excluding hydrogens is 453 g/mol. The van der Waals surface area contributed by atoms with Crippen LogP contribution in [0.15, 0.2) is 62.6 Å². The topological polar surface area (TPSA) is 103 Å². The molecule has 0 bridgehead atoms. The summed E-state index contributed by atoms with van der Waals surface area (Å²) in [5.41, 5.74) is 0.266. The number of hydrogen-bond donors (Lipinski definition) is 0. The Hall–Kier alpha value is -3.24. The van der Waals surface area contributed by atoms with E-state index in [1.165, 1.54) is 29.6 Å². The summed E-state index contributed by atoms with van der Waals surface area (Å²) >= 11 is 0. The molecule has 0 amide bonds. The minimum absolute atomic E-state index is 0.0105. The lowest BCUT2D eigenvalue weighted by molar-refractivity contribution is -0.151. The molecule has 0 N–H and O–H groups in total. The first kappa shape index (κ1) is 22.9. The maximum absolute atomic E-state index is 13.1. The number of ether oxygens (including phenoxy) is 2. The van der Waals surface area contributed by atoms with Crippen LogP contribution in [0.25, 0.3) is 11.0 Å². The van der Waals surface area contributed by atoms with Crippen LogP contribution in [0, 0.1) is 11.7 Å². The maximum Gasteiger partial charge on any atom is 0.336 e. The van der Waals surface area contributed by atoms with Gasteiger partial charge >= 0.3 is 11.6 Å². The predicted molar refractivity (Wildman–Crippen MR) is 117 cm³/mol. The van der Waals surface area contributed by atoms with Gasteiger partial charge in [0.2, 0.25) is 10.0 Å². The van der Waals surface area contributed by atoms with E-state index in [0.717, 1.165) is 12.1 Å². The first-order valence-electron chi connectivity index (χ1n) is 10.3. The number of piperidine rings is 1. The Bertz CT molecular complexity index is 1330. The number of hydrogen-bond acceptors (Lipinski definition) is 7. The molecular formula is C23H22FNO7S. The summed E-state index contributed by atoms with van der Waals surface area (Å²) in [4.78, 5) is 24.5. The highest BCUT2D eigenvalue weighted by molar-refractivity contribution is 7.89. The largest absolute Gasteiger partial charge is 0.497 e. The van der Waals surface area contributed by atoms with Crippen molar-refractivity contribution >= 4 is 27.0 Å². The second-order valence-electron chi connectivity index (χ2n) is 7.69. The Balaban J connectivity index is 1.39. The molecule has 1 aromatic heterocycles. The highest BCUT2D eigenvalue weighted by atomic mass is 32.2. The second-order valence-corrected chi connectivity index (χ2v) is 9.63. The Labute approximate surface area is 189 Å². The number of nitrogens with zero attached hydrogens (tertiary/aromatic N) is 1. The van der Waals surface area contributed by atoms with Crippen molar-refractivity contribution in [3.05, 3.63) is 70.3 Å². The van der Waals surface area contributed by atoms with Crippen LogP contribution in [0.2, 0.25) is 0 Å². The molecule has 1 aliphatic rings. The molecule has 10 heteroatoms. The van der Waals surface area contributed by atoms with Gasteiger partial charge in [-0.2, -0.15) is 4.31 Å². The average Bonchev–Trinajstić information content (AvgIpc) is 2.82. The van der Waals surface area contributed by atoms with Gasteiger partial charge in [-0.05, 0) is 49.2 Å². The van der Waals surface area contributed by atoms with E-state index in [2.05, 4.69) is 0 Å². The van der Waals surface area contributed by atoms with E-state index in [4.69, 9.17) is 13.9 Å². The molecule has 2 aromatic carbocycles. The molecule has 1 saturated heterocycles. The fourth-order valence-electron chi connectivity index (χ4n) is 3.81. The van der Waals surface area contributed by atoms with Gasteiger partial charge in [0.1, 0.15) is 23.8 Å². The van der Waals surface area contributed by atoms with Crippen molar-refractivity contribution < 1.29 is 31.5 Å². The zero-order chi connectivity index (χ0) is 23.6. The highest BCUT2D eigenvalue weighted by Gasteiger charge is 2.33. The number of rotatable bonds is 6. The molecule has 1 fully saturated rings. The predicted octanol–water partition coefficient (Wildman–Crippen LogP) is 3.08. The number of halogens is 1. The third-order valence-corrected chi connectivity index (χ3v) is 7.56. The number of methoxy groups -OCH3 is 1. The van der Waals surface area contributed by atoms with Gasteiger partial charge in [0.15, 0.2) is 0 Å². The lowest BCUT2D eigenvalue weighted by Crippen LogP contribution is -2.40. The number of fused-ring (bicyclic) bond motifs is 1. The van der Waals surface area contributed by atoms with E-state index >= 15 is 0 Å². The van der Waals surface area contributed by atoms with Gasteiger partial charge in [-0.15, -0.1) is 0 Å². The van der Waals surface area contributed by atoms with Gasteiger partial charge in [-0.3, -0.25) is 4.79 Å². The molecule has 0 atom stereocenters. The molecule has 2 heterocycles. The highest BCUT2D eigenvalue weighted by Crippen LogP contribution is 2.26. The molecule has 0 saturated carbocycles. The summed E-state index contributed by atoms with van der Waals surface area (Å²) in [7, 11) is -2.26. The van der Waals surface area contributed by atoms with Crippen molar-refractivity contribution in [1.82, 2.24) is 4.31 Å². The molecule has 1 aliphatic heterocycles. The van der Waals surface area contributed by atoms with E-state index in [1.807, 2.05) is 0 Å². The van der Waals surface area contributed by atoms with Crippen molar-refractivity contribution in [2.45, 2.75) is 24.3 Å². The van der Waals surface area contributed by atoms with E-state index in [1.54, 1.807) is 18.2 Å². The molecule has 8 nitrogen and oxygen atoms in total. The lowest BCUT2D eigenvalue weighted by Gasteiger charge is -2.30. The van der Waals surface area contributed by atoms with E-state index in [-0.39, 0.29) is 24.6 Å². The molecule has 0 radical (unpaired) electrons. The number of carbonyl (C=O) groups is 1. The van der Waals surface area contributed by atoms with Crippen LogP contribution < -0.4 is 10.4 Å². The zero-order valence-corrected chi connectivity index (χ0v) is 18.6. The minimum atomic E-state index is -3.76. The molecule has 0 aliphatic carbocycles. The van der Waals surface area contributed by atoms with Gasteiger partial charge < -0.3 is 13.9 Å². The van der Waals surface area contributed by atoms with Crippen molar-refractivity contribution in [3.8, 4) is 5.75 Å². The molecule has 0 unspecified atom stereocenters. The molecule has 4 rings (SSSR count). The van der Waals surface area contributed by atoms with Crippen LogP contribution in [0.3, 0.4) is 0 Å². The number of esters is 1. The van der Waals surface area contributed by atoms with E-state index in [9.17, 15) is 22.4 Å². The van der Waals surface area contributed by atoms with Gasteiger partial charge in [-0.1, -0.05) is 0 Å². The Kier molecular flexibility index (Phi) is 6.48. The summed E-state index contributed by atoms with van der Waals surface area (Å²) in [5, 5.41) is 0.628. The summed E-state index contributed by atoms with van der Waals surface area (Å²) in [5.74, 6) is -0.902. The first-order valence-corrected chi connectivity index (χ1v) is 11.7. The number of benzene rings is 2. The fraction of sp³-hybridized carbons (Fsp3) is 0.304. The monoisotopic (exact) mass is 475 g/mol. The number of carbonyl (C=O) groups excluding carboxylic acids is 1. The zero-order valence-electron chi connectivity index (χ0n) is 17.8. The molecule has 33 heavy (non-hydrogen) atoms. The van der Waals surface area contributed by atoms with Crippen LogP contribution >= 0.6 is 0 Å². The SMILES string of the molecule is COc1ccc2c(COC(=O)C3CCN(S(=O)(=O)c4ccc(F)cc4)CC3)cc(=O)oc2c1. The fourth-order valence-corrected chi connectivity index (χ4v) is 5.28. The van der Waals surface area contributed by atoms with Crippen LogP contribution in [0.4, 0.5) is 4.39 Å². The third-order valence-electron chi connectivity index (χ3n) is 5.65.